The molecule has 29 heavy (non-hydrogen) atoms. The number of aromatic nitrogens is 2. The summed E-state index contributed by atoms with van der Waals surface area (Å²) < 4.78 is 4.92. The Hall–Kier alpha value is -1.77. The molecular weight excluding hydrogens is 388 g/mol. The predicted molar refractivity (Wildman–Crippen MR) is 115 cm³/mol. The summed E-state index contributed by atoms with van der Waals surface area (Å²) >= 11 is 1.36. The number of methoxy groups -OCH3 is 1. The van der Waals surface area contributed by atoms with Gasteiger partial charge >= 0.3 is 5.97 Å². The number of thiophene rings is 1. The van der Waals surface area contributed by atoms with Crippen molar-refractivity contribution in [1.29, 1.82) is 0 Å². The first-order valence-corrected chi connectivity index (χ1v) is 11.3. The molecule has 1 aliphatic heterocycles. The number of nitrogens with zero attached hydrogens (tertiary/aromatic N) is 3. The minimum atomic E-state index is -0.326. The number of aliphatic hydroxyl groups excluding tert-OH is 1. The zero-order valence-corrected chi connectivity index (χ0v) is 18.2. The van der Waals surface area contributed by atoms with E-state index in [4.69, 9.17) is 4.74 Å². The Morgan fingerprint density at radius 3 is 2.59 bits per heavy atom. The van der Waals surface area contributed by atoms with Crippen LogP contribution in [-0.4, -0.2) is 64.3 Å². The summed E-state index contributed by atoms with van der Waals surface area (Å²) in [6.07, 6.45) is 6.25. The minimum Gasteiger partial charge on any atom is -0.465 e. The van der Waals surface area contributed by atoms with Crippen LogP contribution in [0.4, 0.5) is 5.82 Å². The standard InChI is InChI=1S/C21H30N4O3S/c1-12-17-19(22-13(2)23-20(17)29-18(12)21(27)28-3)24-14-8-10-25(11-9-14)15-6-4-5-7-16(15)26/h14-16,26H,4-11H2,1-3H3,(H,22,23,24). The van der Waals surface area contributed by atoms with Crippen molar-refractivity contribution < 1.29 is 14.6 Å². The van der Waals surface area contributed by atoms with Crippen LogP contribution in [0.5, 0.6) is 0 Å². The molecule has 0 aromatic carbocycles. The molecule has 1 saturated carbocycles. The first-order valence-electron chi connectivity index (χ1n) is 10.5. The second-order valence-electron chi connectivity index (χ2n) is 8.22. The highest BCUT2D eigenvalue weighted by atomic mass is 32.1. The molecule has 2 unspecified atom stereocenters. The van der Waals surface area contributed by atoms with E-state index in [-0.39, 0.29) is 12.1 Å². The van der Waals surface area contributed by atoms with Crippen molar-refractivity contribution in [3.05, 3.63) is 16.3 Å². The van der Waals surface area contributed by atoms with E-state index in [1.54, 1.807) is 0 Å². The van der Waals surface area contributed by atoms with Crippen molar-refractivity contribution in [2.45, 2.75) is 70.6 Å². The number of piperidine rings is 1. The maximum absolute atomic E-state index is 12.1. The highest BCUT2D eigenvalue weighted by Gasteiger charge is 2.32. The maximum atomic E-state index is 12.1. The Morgan fingerprint density at radius 2 is 1.90 bits per heavy atom. The number of nitrogens with one attached hydrogen (secondary N) is 1. The molecule has 3 heterocycles. The van der Waals surface area contributed by atoms with Crippen LogP contribution in [0.15, 0.2) is 0 Å². The van der Waals surface area contributed by atoms with E-state index < -0.39 is 0 Å². The van der Waals surface area contributed by atoms with Crippen molar-refractivity contribution in [1.82, 2.24) is 14.9 Å². The average molecular weight is 419 g/mol. The third-order valence-electron chi connectivity index (χ3n) is 6.31. The number of esters is 1. The van der Waals surface area contributed by atoms with Crippen molar-refractivity contribution in [2.24, 2.45) is 0 Å². The number of aliphatic hydroxyl groups is 1. The summed E-state index contributed by atoms with van der Waals surface area (Å²) in [4.78, 5) is 25.2. The zero-order chi connectivity index (χ0) is 20.5. The van der Waals surface area contributed by atoms with Gasteiger partial charge in [0.1, 0.15) is 21.3 Å². The van der Waals surface area contributed by atoms with Crippen LogP contribution in [0.2, 0.25) is 0 Å². The number of ether oxygens (including phenoxy) is 1. The molecule has 2 aromatic heterocycles. The maximum Gasteiger partial charge on any atom is 0.348 e. The third-order valence-corrected chi connectivity index (χ3v) is 7.47. The second kappa shape index (κ2) is 8.53. The van der Waals surface area contributed by atoms with Gasteiger partial charge in [0.05, 0.1) is 18.6 Å². The Labute approximate surface area is 175 Å². The first-order chi connectivity index (χ1) is 14.0. The topological polar surface area (TPSA) is 87.6 Å². The minimum absolute atomic E-state index is 0.178. The van der Waals surface area contributed by atoms with Crippen LogP contribution < -0.4 is 5.32 Å². The Balaban J connectivity index is 1.50. The molecule has 1 saturated heterocycles. The quantitative estimate of drug-likeness (QED) is 0.737. The molecule has 1 aliphatic carbocycles. The van der Waals surface area contributed by atoms with E-state index >= 15 is 0 Å². The molecular formula is C21H30N4O3S. The smallest absolute Gasteiger partial charge is 0.348 e. The fourth-order valence-electron chi connectivity index (χ4n) is 4.72. The van der Waals surface area contributed by atoms with E-state index in [2.05, 4.69) is 20.2 Å². The van der Waals surface area contributed by atoms with E-state index in [0.717, 1.165) is 66.8 Å². The number of fused-ring (bicyclic) bond motifs is 1. The molecule has 0 amide bonds. The van der Waals surface area contributed by atoms with Gasteiger partial charge in [-0.2, -0.15) is 0 Å². The zero-order valence-electron chi connectivity index (χ0n) is 17.4. The molecule has 158 valence electrons. The largest absolute Gasteiger partial charge is 0.465 e. The summed E-state index contributed by atoms with van der Waals surface area (Å²) in [5.74, 6) is 1.18. The molecule has 8 heteroatoms. The van der Waals surface area contributed by atoms with Gasteiger partial charge in [0, 0.05) is 25.2 Å². The van der Waals surface area contributed by atoms with Gasteiger partial charge in [-0.3, -0.25) is 4.90 Å². The molecule has 0 radical (unpaired) electrons. The number of hydrogen-bond donors (Lipinski definition) is 2. The number of carbonyl (C=O) groups is 1. The highest BCUT2D eigenvalue weighted by molar-refractivity contribution is 7.20. The summed E-state index contributed by atoms with van der Waals surface area (Å²) in [6, 6.07) is 0.643. The fraction of sp³-hybridized carbons (Fsp3) is 0.667. The molecule has 2 aromatic rings. The van der Waals surface area contributed by atoms with Gasteiger partial charge in [0.15, 0.2) is 0 Å². The van der Waals surface area contributed by atoms with Gasteiger partial charge in [-0.1, -0.05) is 12.8 Å². The summed E-state index contributed by atoms with van der Waals surface area (Å²) in [5, 5.41) is 14.9. The average Bonchev–Trinajstić information content (AvgIpc) is 3.05. The van der Waals surface area contributed by atoms with Crippen LogP contribution in [0.1, 0.15) is 59.6 Å². The van der Waals surface area contributed by atoms with Gasteiger partial charge in [-0.05, 0) is 45.1 Å². The lowest BCUT2D eigenvalue weighted by molar-refractivity contribution is 0.00992. The lowest BCUT2D eigenvalue weighted by Crippen LogP contribution is -2.50. The lowest BCUT2D eigenvalue weighted by Gasteiger charge is -2.41. The van der Waals surface area contributed by atoms with E-state index in [1.807, 2.05) is 13.8 Å². The molecule has 7 nitrogen and oxygen atoms in total. The molecule has 2 atom stereocenters. The fourth-order valence-corrected chi connectivity index (χ4v) is 5.87. The number of aryl methyl sites for hydroxylation is 2. The van der Waals surface area contributed by atoms with Gasteiger partial charge in [0.2, 0.25) is 0 Å². The summed E-state index contributed by atoms with van der Waals surface area (Å²) in [6.45, 7) is 5.79. The van der Waals surface area contributed by atoms with Crippen molar-refractivity contribution >= 4 is 33.3 Å². The van der Waals surface area contributed by atoms with Gasteiger partial charge in [-0.25, -0.2) is 14.8 Å². The number of anilines is 1. The van der Waals surface area contributed by atoms with Gasteiger partial charge in [0.25, 0.3) is 0 Å². The highest BCUT2D eigenvalue weighted by Crippen LogP contribution is 2.35. The Morgan fingerprint density at radius 1 is 1.17 bits per heavy atom. The van der Waals surface area contributed by atoms with Crippen molar-refractivity contribution in [3.8, 4) is 0 Å². The van der Waals surface area contributed by atoms with Crippen molar-refractivity contribution in [3.63, 3.8) is 0 Å². The summed E-state index contributed by atoms with van der Waals surface area (Å²) in [7, 11) is 1.40. The number of carbonyl (C=O) groups excluding carboxylic acids is 1. The van der Waals surface area contributed by atoms with Crippen LogP contribution >= 0.6 is 11.3 Å². The Bertz CT molecular complexity index is 892. The van der Waals surface area contributed by atoms with Crippen LogP contribution in [0.3, 0.4) is 0 Å². The SMILES string of the molecule is COC(=O)c1sc2nc(C)nc(NC3CCN(C4CCCCC4O)CC3)c2c1C. The lowest BCUT2D eigenvalue weighted by atomic mass is 9.89. The third kappa shape index (κ3) is 4.11. The van der Waals surface area contributed by atoms with Crippen molar-refractivity contribution in [2.75, 3.05) is 25.5 Å². The van der Waals surface area contributed by atoms with E-state index in [1.165, 1.54) is 24.9 Å². The molecule has 2 aliphatic rings. The number of likely N-dealkylation sites (tertiary alicyclic amines) is 1. The molecule has 4 rings (SSSR count). The molecule has 2 N–H and O–H groups in total. The van der Waals surface area contributed by atoms with Crippen LogP contribution in [0.25, 0.3) is 10.2 Å². The Kier molecular flexibility index (Phi) is 6.03. The number of hydrogen-bond acceptors (Lipinski definition) is 8. The normalized spacial score (nSPS) is 24.0. The van der Waals surface area contributed by atoms with Gasteiger partial charge < -0.3 is 15.2 Å². The molecule has 2 fully saturated rings. The molecule has 0 bridgehead atoms. The van der Waals surface area contributed by atoms with Crippen LogP contribution in [0, 0.1) is 13.8 Å². The monoisotopic (exact) mass is 418 g/mol. The first kappa shape index (κ1) is 20.5. The molecule has 0 spiro atoms. The van der Waals surface area contributed by atoms with Crippen LogP contribution in [-0.2, 0) is 4.74 Å². The van der Waals surface area contributed by atoms with E-state index in [0.29, 0.717) is 22.8 Å². The summed E-state index contributed by atoms with van der Waals surface area (Å²) in [5.41, 5.74) is 0.877. The number of rotatable bonds is 4. The van der Waals surface area contributed by atoms with Gasteiger partial charge in [-0.15, -0.1) is 11.3 Å². The predicted octanol–water partition coefficient (Wildman–Crippen LogP) is 3.27. The van der Waals surface area contributed by atoms with E-state index in [9.17, 15) is 9.90 Å². The second-order valence-corrected chi connectivity index (χ2v) is 9.22.